The molecule has 1 rings (SSSR count). The second kappa shape index (κ2) is 29.7. The van der Waals surface area contributed by atoms with Gasteiger partial charge in [-0.15, -0.1) is 0 Å². The van der Waals surface area contributed by atoms with Crippen molar-refractivity contribution in [2.24, 2.45) is 0 Å². The standard InChI is InChI=1S/C38H70O12/c1-4-6-8-10-12-14-16-18-20-22-24-33(43)49-36-35(45)32(28-46-29(3)40)48-38(47-27-31(42)30(41)26-39)37(36)50-34(44)25-23-21-19-17-15-13-11-9-7-5-2/h30-32,35-39,41-42,45H,4-28H2,1-3H3/t30-,31+,32-,35-,36+,37+,38-/m1/s1. The lowest BCUT2D eigenvalue weighted by atomic mass is 9.98. The number of esters is 3. The summed E-state index contributed by atoms with van der Waals surface area (Å²) in [6.45, 7) is 3.94. The van der Waals surface area contributed by atoms with E-state index in [4.69, 9.17) is 23.7 Å². The van der Waals surface area contributed by atoms with E-state index in [9.17, 15) is 34.8 Å². The molecule has 0 radical (unpaired) electrons. The Kier molecular flexibility index (Phi) is 27.5. The molecule has 0 aromatic heterocycles. The maximum absolute atomic E-state index is 13.0. The van der Waals surface area contributed by atoms with Crippen molar-refractivity contribution in [2.75, 3.05) is 19.8 Å². The molecular formula is C38H70O12. The molecule has 1 aliphatic rings. The molecule has 1 aliphatic heterocycles. The highest BCUT2D eigenvalue weighted by Crippen LogP contribution is 2.29. The predicted octanol–water partition coefficient (Wildman–Crippen LogP) is 5.81. The average molecular weight is 719 g/mol. The molecule has 0 aromatic carbocycles. The smallest absolute Gasteiger partial charge is 0.306 e. The monoisotopic (exact) mass is 718 g/mol. The second-order valence-corrected chi connectivity index (χ2v) is 13.8. The van der Waals surface area contributed by atoms with Gasteiger partial charge in [0.25, 0.3) is 0 Å². The van der Waals surface area contributed by atoms with Crippen molar-refractivity contribution in [1.82, 2.24) is 0 Å². The van der Waals surface area contributed by atoms with Crippen LogP contribution in [0.25, 0.3) is 0 Å². The fourth-order valence-corrected chi connectivity index (χ4v) is 5.98. The number of hydrogen-bond acceptors (Lipinski definition) is 12. The van der Waals surface area contributed by atoms with Gasteiger partial charge in [0.1, 0.15) is 31.0 Å². The summed E-state index contributed by atoms with van der Waals surface area (Å²) in [5.74, 6) is -1.81. The van der Waals surface area contributed by atoms with E-state index >= 15 is 0 Å². The zero-order chi connectivity index (χ0) is 37.0. The molecule has 0 saturated carbocycles. The van der Waals surface area contributed by atoms with Crippen molar-refractivity contribution in [3.8, 4) is 0 Å². The maximum Gasteiger partial charge on any atom is 0.306 e. The van der Waals surface area contributed by atoms with Crippen LogP contribution in [0.1, 0.15) is 162 Å². The number of rotatable bonds is 31. The first-order valence-corrected chi connectivity index (χ1v) is 19.6. The van der Waals surface area contributed by atoms with Gasteiger partial charge in [0, 0.05) is 19.8 Å². The van der Waals surface area contributed by atoms with E-state index in [-0.39, 0.29) is 12.8 Å². The molecule has 0 amide bonds. The number of aliphatic hydroxyl groups excluding tert-OH is 4. The van der Waals surface area contributed by atoms with E-state index < -0.39 is 80.6 Å². The molecule has 0 aliphatic carbocycles. The normalized spacial score (nSPS) is 21.8. The molecule has 1 saturated heterocycles. The minimum Gasteiger partial charge on any atom is -0.463 e. The Morgan fingerprint density at radius 1 is 0.640 bits per heavy atom. The third kappa shape index (κ3) is 21.5. The first-order valence-electron chi connectivity index (χ1n) is 19.6. The third-order valence-electron chi connectivity index (χ3n) is 9.14. The van der Waals surface area contributed by atoms with Gasteiger partial charge < -0.3 is 44.1 Å². The van der Waals surface area contributed by atoms with Gasteiger partial charge in [0.15, 0.2) is 18.5 Å². The molecular weight excluding hydrogens is 648 g/mol. The summed E-state index contributed by atoms with van der Waals surface area (Å²) >= 11 is 0. The molecule has 0 unspecified atom stereocenters. The molecule has 12 nitrogen and oxygen atoms in total. The van der Waals surface area contributed by atoms with Crippen molar-refractivity contribution < 1.29 is 58.5 Å². The number of carbonyl (C=O) groups is 3. The Bertz CT molecular complexity index is 871. The van der Waals surface area contributed by atoms with Gasteiger partial charge in [-0.05, 0) is 12.8 Å². The summed E-state index contributed by atoms with van der Waals surface area (Å²) in [6, 6.07) is 0. The van der Waals surface area contributed by atoms with E-state index in [1.54, 1.807) is 0 Å². The van der Waals surface area contributed by atoms with Crippen LogP contribution in [0.3, 0.4) is 0 Å². The molecule has 0 aromatic rings. The van der Waals surface area contributed by atoms with Gasteiger partial charge in [0.2, 0.25) is 0 Å². The van der Waals surface area contributed by atoms with Gasteiger partial charge in [-0.1, -0.05) is 129 Å². The molecule has 1 heterocycles. The molecule has 1 fully saturated rings. The maximum atomic E-state index is 13.0. The summed E-state index contributed by atoms with van der Waals surface area (Å²) in [4.78, 5) is 37.6. The number of ether oxygens (including phenoxy) is 5. The summed E-state index contributed by atoms with van der Waals surface area (Å²) < 4.78 is 28.1. The van der Waals surface area contributed by atoms with Crippen LogP contribution in [-0.4, -0.2) is 101 Å². The van der Waals surface area contributed by atoms with E-state index in [0.717, 1.165) is 38.5 Å². The van der Waals surface area contributed by atoms with Crippen molar-refractivity contribution >= 4 is 17.9 Å². The third-order valence-corrected chi connectivity index (χ3v) is 9.14. The Morgan fingerprint density at radius 3 is 1.48 bits per heavy atom. The van der Waals surface area contributed by atoms with E-state index in [1.165, 1.54) is 84.0 Å². The lowest BCUT2D eigenvalue weighted by Gasteiger charge is -2.43. The summed E-state index contributed by atoms with van der Waals surface area (Å²) in [6.07, 6.45) is 12.1. The van der Waals surface area contributed by atoms with Crippen LogP contribution < -0.4 is 0 Å². The number of carbonyl (C=O) groups excluding carboxylic acids is 3. The van der Waals surface area contributed by atoms with Crippen LogP contribution in [0.5, 0.6) is 0 Å². The molecule has 294 valence electrons. The highest BCUT2D eigenvalue weighted by atomic mass is 16.7. The minimum absolute atomic E-state index is 0.0951. The van der Waals surface area contributed by atoms with Crippen LogP contribution in [0, 0.1) is 0 Å². The average Bonchev–Trinajstić information content (AvgIpc) is 3.09. The number of aliphatic hydroxyl groups is 4. The van der Waals surface area contributed by atoms with Crippen molar-refractivity contribution in [1.29, 1.82) is 0 Å². The van der Waals surface area contributed by atoms with Crippen LogP contribution in [0.15, 0.2) is 0 Å². The zero-order valence-corrected chi connectivity index (χ0v) is 31.3. The molecule has 0 spiro atoms. The largest absolute Gasteiger partial charge is 0.463 e. The Balaban J connectivity index is 2.85. The highest BCUT2D eigenvalue weighted by Gasteiger charge is 2.51. The molecule has 0 bridgehead atoms. The van der Waals surface area contributed by atoms with Crippen LogP contribution in [-0.2, 0) is 38.1 Å². The van der Waals surface area contributed by atoms with Gasteiger partial charge in [-0.2, -0.15) is 0 Å². The van der Waals surface area contributed by atoms with Gasteiger partial charge in [-0.3, -0.25) is 14.4 Å². The Hall–Kier alpha value is -1.83. The Morgan fingerprint density at radius 2 is 1.06 bits per heavy atom. The quantitative estimate of drug-likeness (QED) is 0.0385. The SMILES string of the molecule is CCCCCCCCCCCCC(=O)O[C@@H]1[C@H](OC[C@H](O)[C@H](O)CO)O[C@H](COC(C)=O)[C@@H](O)[C@@H]1OC(=O)CCCCCCCCCCCC. The first-order chi connectivity index (χ1) is 24.1. The second-order valence-electron chi connectivity index (χ2n) is 13.8. The molecule has 4 N–H and O–H groups in total. The van der Waals surface area contributed by atoms with Gasteiger partial charge in [0.05, 0.1) is 13.2 Å². The topological polar surface area (TPSA) is 178 Å². The number of unbranched alkanes of at least 4 members (excludes halogenated alkanes) is 18. The van der Waals surface area contributed by atoms with Crippen LogP contribution >= 0.6 is 0 Å². The Labute approximate surface area is 300 Å². The molecule has 50 heavy (non-hydrogen) atoms. The van der Waals surface area contributed by atoms with Gasteiger partial charge in [-0.25, -0.2) is 0 Å². The fraction of sp³-hybridized carbons (Fsp3) is 0.921. The van der Waals surface area contributed by atoms with Crippen molar-refractivity contribution in [2.45, 2.75) is 205 Å². The van der Waals surface area contributed by atoms with E-state index in [2.05, 4.69) is 13.8 Å². The first kappa shape index (κ1) is 46.2. The minimum atomic E-state index is -1.53. The van der Waals surface area contributed by atoms with Crippen molar-refractivity contribution in [3.63, 3.8) is 0 Å². The lowest BCUT2D eigenvalue weighted by Crippen LogP contribution is -2.62. The highest BCUT2D eigenvalue weighted by molar-refractivity contribution is 5.71. The van der Waals surface area contributed by atoms with Crippen LogP contribution in [0.4, 0.5) is 0 Å². The van der Waals surface area contributed by atoms with Crippen LogP contribution in [0.2, 0.25) is 0 Å². The number of hydrogen-bond donors (Lipinski definition) is 4. The molecule has 12 heteroatoms. The fourth-order valence-electron chi connectivity index (χ4n) is 5.98. The summed E-state index contributed by atoms with van der Waals surface area (Å²) in [7, 11) is 0. The van der Waals surface area contributed by atoms with Crippen molar-refractivity contribution in [3.05, 3.63) is 0 Å². The summed E-state index contributed by atoms with van der Waals surface area (Å²) in [5, 5.41) is 40.5. The summed E-state index contributed by atoms with van der Waals surface area (Å²) in [5.41, 5.74) is 0. The zero-order valence-electron chi connectivity index (χ0n) is 31.3. The van der Waals surface area contributed by atoms with E-state index in [0.29, 0.717) is 12.8 Å². The van der Waals surface area contributed by atoms with E-state index in [1.807, 2.05) is 0 Å². The molecule has 7 atom stereocenters. The van der Waals surface area contributed by atoms with Gasteiger partial charge >= 0.3 is 17.9 Å². The lowest BCUT2D eigenvalue weighted by molar-refractivity contribution is -0.311. The predicted molar refractivity (Wildman–Crippen MR) is 189 cm³/mol.